The molecule has 1 aromatic heterocycles. The number of aryl methyl sites for hydroxylation is 1. The Morgan fingerprint density at radius 3 is 2.62 bits per heavy atom. The number of para-hydroxylation sites is 1. The zero-order chi connectivity index (χ0) is 17.9. The summed E-state index contributed by atoms with van der Waals surface area (Å²) in [6.07, 6.45) is 0. The first kappa shape index (κ1) is 16.2. The van der Waals surface area contributed by atoms with Crippen LogP contribution in [0.15, 0.2) is 66.7 Å². The molecule has 1 heterocycles. The Bertz CT molecular complexity index is 1040. The third kappa shape index (κ3) is 3.14. The zero-order valence-electron chi connectivity index (χ0n) is 14.8. The molecule has 0 bridgehead atoms. The molecule has 0 aliphatic heterocycles. The molecule has 0 saturated carbocycles. The number of nitrogens with zero attached hydrogens (tertiary/aromatic N) is 1. The number of ether oxygens (including phenoxy) is 2. The van der Waals surface area contributed by atoms with Gasteiger partial charge in [0.2, 0.25) is 0 Å². The van der Waals surface area contributed by atoms with Crippen molar-refractivity contribution in [1.29, 1.82) is 0 Å². The van der Waals surface area contributed by atoms with Gasteiger partial charge in [-0.1, -0.05) is 42.5 Å². The van der Waals surface area contributed by atoms with Crippen LogP contribution in [-0.2, 0) is 6.61 Å². The minimum atomic E-state index is 0.466. The van der Waals surface area contributed by atoms with Crippen LogP contribution in [0.4, 0.5) is 0 Å². The molecule has 0 aliphatic carbocycles. The maximum Gasteiger partial charge on any atom is 0.172 e. The molecule has 0 saturated heterocycles. The normalized spacial score (nSPS) is 10.8. The van der Waals surface area contributed by atoms with Crippen LogP contribution < -0.4 is 9.47 Å². The average molecular weight is 344 g/mol. The molecule has 1 N–H and O–H groups in total. The molecule has 26 heavy (non-hydrogen) atoms. The molecule has 0 fully saturated rings. The fourth-order valence-electron chi connectivity index (χ4n) is 2.99. The van der Waals surface area contributed by atoms with Crippen molar-refractivity contribution in [3.05, 3.63) is 77.9 Å². The highest BCUT2D eigenvalue weighted by atomic mass is 16.5. The zero-order valence-corrected chi connectivity index (χ0v) is 14.8. The predicted molar refractivity (Wildman–Crippen MR) is 104 cm³/mol. The van der Waals surface area contributed by atoms with Crippen LogP contribution in [0.1, 0.15) is 11.1 Å². The van der Waals surface area contributed by atoms with Gasteiger partial charge in [-0.05, 0) is 42.3 Å². The molecule has 0 aliphatic rings. The minimum Gasteiger partial charge on any atom is -0.493 e. The Morgan fingerprint density at radius 2 is 1.81 bits per heavy atom. The van der Waals surface area contributed by atoms with Gasteiger partial charge in [0.15, 0.2) is 11.5 Å². The lowest BCUT2D eigenvalue weighted by atomic mass is 10.1. The molecule has 4 rings (SSSR count). The summed E-state index contributed by atoms with van der Waals surface area (Å²) in [5, 5.41) is 0. The summed E-state index contributed by atoms with van der Waals surface area (Å²) in [6, 6.07) is 22.1. The van der Waals surface area contributed by atoms with E-state index in [2.05, 4.69) is 24.0 Å². The number of hydrogen-bond acceptors (Lipinski definition) is 3. The van der Waals surface area contributed by atoms with E-state index < -0.39 is 0 Å². The molecule has 0 atom stereocenters. The van der Waals surface area contributed by atoms with Crippen LogP contribution in [0.2, 0.25) is 0 Å². The molecule has 0 spiro atoms. The SMILES string of the molecule is COc1cccc(-c2nc3ccc(C)cc3[nH]2)c1OCc1ccccc1. The van der Waals surface area contributed by atoms with E-state index >= 15 is 0 Å². The lowest BCUT2D eigenvalue weighted by molar-refractivity contribution is 0.285. The van der Waals surface area contributed by atoms with Gasteiger partial charge in [0.25, 0.3) is 0 Å². The topological polar surface area (TPSA) is 47.1 Å². The highest BCUT2D eigenvalue weighted by Crippen LogP contribution is 2.38. The van der Waals surface area contributed by atoms with Crippen LogP contribution in [0.5, 0.6) is 11.5 Å². The maximum absolute atomic E-state index is 6.13. The van der Waals surface area contributed by atoms with Crippen LogP contribution >= 0.6 is 0 Å². The van der Waals surface area contributed by atoms with E-state index in [1.807, 2.05) is 54.6 Å². The van der Waals surface area contributed by atoms with Gasteiger partial charge in [-0.25, -0.2) is 4.98 Å². The number of fused-ring (bicyclic) bond motifs is 1. The second-order valence-corrected chi connectivity index (χ2v) is 6.22. The van der Waals surface area contributed by atoms with E-state index in [-0.39, 0.29) is 0 Å². The fourth-order valence-corrected chi connectivity index (χ4v) is 2.99. The smallest absolute Gasteiger partial charge is 0.172 e. The molecule has 130 valence electrons. The number of hydrogen-bond donors (Lipinski definition) is 1. The Kier molecular flexibility index (Phi) is 4.32. The van der Waals surface area contributed by atoms with Crippen LogP contribution in [0, 0.1) is 6.92 Å². The molecule has 3 aromatic carbocycles. The summed E-state index contributed by atoms with van der Waals surface area (Å²) in [4.78, 5) is 8.12. The average Bonchev–Trinajstić information content (AvgIpc) is 3.09. The first-order chi connectivity index (χ1) is 12.7. The standard InChI is InChI=1S/C22H20N2O2/c1-15-11-12-18-19(13-15)24-22(23-18)17-9-6-10-20(25-2)21(17)26-14-16-7-4-3-5-8-16/h3-13H,14H2,1-2H3,(H,23,24). The highest BCUT2D eigenvalue weighted by molar-refractivity contribution is 5.82. The second-order valence-electron chi connectivity index (χ2n) is 6.22. The summed E-state index contributed by atoms with van der Waals surface area (Å²) in [7, 11) is 1.65. The second kappa shape index (κ2) is 6.92. The van der Waals surface area contributed by atoms with Crippen molar-refractivity contribution in [1.82, 2.24) is 9.97 Å². The van der Waals surface area contributed by atoms with Gasteiger partial charge in [0.1, 0.15) is 12.4 Å². The number of methoxy groups -OCH3 is 1. The van der Waals surface area contributed by atoms with Crippen molar-refractivity contribution in [3.63, 3.8) is 0 Å². The number of aromatic amines is 1. The quantitative estimate of drug-likeness (QED) is 0.546. The van der Waals surface area contributed by atoms with Crippen molar-refractivity contribution in [2.75, 3.05) is 7.11 Å². The molecule has 0 amide bonds. The Hall–Kier alpha value is -3.27. The number of nitrogens with one attached hydrogen (secondary N) is 1. The van der Waals surface area contributed by atoms with Gasteiger partial charge in [-0.15, -0.1) is 0 Å². The van der Waals surface area contributed by atoms with Crippen molar-refractivity contribution >= 4 is 11.0 Å². The molecule has 4 nitrogen and oxygen atoms in total. The van der Waals surface area contributed by atoms with E-state index in [4.69, 9.17) is 14.5 Å². The first-order valence-corrected chi connectivity index (χ1v) is 8.55. The number of H-pyrrole nitrogens is 1. The van der Waals surface area contributed by atoms with Crippen molar-refractivity contribution in [2.45, 2.75) is 13.5 Å². The largest absolute Gasteiger partial charge is 0.493 e. The van der Waals surface area contributed by atoms with E-state index in [0.29, 0.717) is 18.1 Å². The summed E-state index contributed by atoms with van der Waals surface area (Å²) in [5.74, 6) is 2.15. The maximum atomic E-state index is 6.13. The molecule has 4 heteroatoms. The molecule has 0 radical (unpaired) electrons. The lowest BCUT2D eigenvalue weighted by Crippen LogP contribution is -2.00. The third-order valence-corrected chi connectivity index (χ3v) is 4.32. The van der Waals surface area contributed by atoms with Crippen molar-refractivity contribution < 1.29 is 9.47 Å². The number of benzene rings is 3. The van der Waals surface area contributed by atoms with E-state index in [9.17, 15) is 0 Å². The number of aromatic nitrogens is 2. The third-order valence-electron chi connectivity index (χ3n) is 4.32. The Morgan fingerprint density at radius 1 is 0.962 bits per heavy atom. The van der Waals surface area contributed by atoms with Gasteiger partial charge in [0, 0.05) is 0 Å². The van der Waals surface area contributed by atoms with Crippen LogP contribution in [-0.4, -0.2) is 17.1 Å². The van der Waals surface area contributed by atoms with Gasteiger partial charge in [-0.2, -0.15) is 0 Å². The summed E-state index contributed by atoms with van der Waals surface area (Å²) in [5.41, 5.74) is 5.12. The fraction of sp³-hybridized carbons (Fsp3) is 0.136. The molecule has 4 aromatic rings. The first-order valence-electron chi connectivity index (χ1n) is 8.55. The van der Waals surface area contributed by atoms with E-state index in [1.54, 1.807) is 7.11 Å². The summed E-state index contributed by atoms with van der Waals surface area (Å²) >= 11 is 0. The predicted octanol–water partition coefficient (Wildman–Crippen LogP) is 5.13. The molecular formula is C22H20N2O2. The van der Waals surface area contributed by atoms with Crippen LogP contribution in [0.3, 0.4) is 0 Å². The highest BCUT2D eigenvalue weighted by Gasteiger charge is 2.16. The van der Waals surface area contributed by atoms with Crippen LogP contribution in [0.25, 0.3) is 22.4 Å². The van der Waals surface area contributed by atoms with Gasteiger partial charge in [0.05, 0.1) is 23.7 Å². The van der Waals surface area contributed by atoms with Crippen molar-refractivity contribution in [2.24, 2.45) is 0 Å². The monoisotopic (exact) mass is 344 g/mol. The Labute approximate surface area is 152 Å². The summed E-state index contributed by atoms with van der Waals surface area (Å²) < 4.78 is 11.7. The van der Waals surface area contributed by atoms with E-state index in [1.165, 1.54) is 5.56 Å². The van der Waals surface area contributed by atoms with Gasteiger partial charge in [-0.3, -0.25) is 0 Å². The van der Waals surface area contributed by atoms with E-state index in [0.717, 1.165) is 28.0 Å². The molecule has 0 unspecified atom stereocenters. The minimum absolute atomic E-state index is 0.466. The van der Waals surface area contributed by atoms with Gasteiger partial charge >= 0.3 is 0 Å². The number of imidazole rings is 1. The van der Waals surface area contributed by atoms with Gasteiger partial charge < -0.3 is 14.5 Å². The number of rotatable bonds is 5. The lowest BCUT2D eigenvalue weighted by Gasteiger charge is -2.14. The Balaban J connectivity index is 1.74. The summed E-state index contributed by atoms with van der Waals surface area (Å²) in [6.45, 7) is 2.54. The van der Waals surface area contributed by atoms with Crippen molar-refractivity contribution in [3.8, 4) is 22.9 Å². The molecular weight excluding hydrogens is 324 g/mol.